The molecular weight excluding hydrogens is 523 g/mol. The van der Waals surface area contributed by atoms with Crippen molar-refractivity contribution >= 4 is 25.9 Å². The van der Waals surface area contributed by atoms with E-state index in [4.69, 9.17) is 30.7 Å². The molecule has 37 heavy (non-hydrogen) atoms. The molecule has 1 aliphatic rings. The number of benzene rings is 1. The summed E-state index contributed by atoms with van der Waals surface area (Å²) in [6, 6.07) is 9.03. The maximum absolute atomic E-state index is 13.6. The Kier molecular flexibility index (Phi) is 9.41. The maximum Gasteiger partial charge on any atom is 0.459 e. The second-order valence-corrected chi connectivity index (χ2v) is 10.8. The van der Waals surface area contributed by atoms with Gasteiger partial charge in [0, 0.05) is 11.8 Å². The summed E-state index contributed by atoms with van der Waals surface area (Å²) >= 11 is 5.06. The van der Waals surface area contributed by atoms with Gasteiger partial charge in [-0.1, -0.05) is 30.4 Å². The Hall–Kier alpha value is -2.85. The Bertz CT molecular complexity index is 1310. The second-order valence-electron chi connectivity index (χ2n) is 8.72. The van der Waals surface area contributed by atoms with Crippen molar-refractivity contribution in [2.75, 3.05) is 6.61 Å². The van der Waals surface area contributed by atoms with Gasteiger partial charge in [0.15, 0.2) is 6.23 Å². The van der Waals surface area contributed by atoms with Crippen LogP contribution in [0, 0.1) is 28.8 Å². The lowest BCUT2D eigenvalue weighted by atomic mass is 10.0. The molecule has 0 bridgehead atoms. The third-order valence-corrected chi connectivity index (χ3v) is 7.44. The number of esters is 1. The fourth-order valence-electron chi connectivity index (χ4n) is 3.54. The molecular formula is C23H29N4O8PS. The standard InChI is InChI=1S/C23H29N4O8PS/c1-13(2)33-22(29)15(4)26-36(31,35-16-8-6-5-7-9-16)32-12-18-19(28)17(10-24)21(34-18)27-11-14(3)20(37)25-23(27)30/h5-9,11,13,15,17-19,21,28H,12H2,1-4H3,(H,26,31)(H,25,30,37)/t15-,17+,18-,19?,21-,36-/m0/s1. The van der Waals surface area contributed by atoms with Crippen molar-refractivity contribution in [1.82, 2.24) is 14.6 Å². The van der Waals surface area contributed by atoms with Gasteiger partial charge in [0.25, 0.3) is 0 Å². The van der Waals surface area contributed by atoms with E-state index >= 15 is 0 Å². The highest BCUT2D eigenvalue weighted by Crippen LogP contribution is 2.46. The monoisotopic (exact) mass is 552 g/mol. The summed E-state index contributed by atoms with van der Waals surface area (Å²) in [5, 5.41) is 22.9. The number of para-hydroxylation sites is 1. The van der Waals surface area contributed by atoms with Crippen LogP contribution in [0.2, 0.25) is 0 Å². The van der Waals surface area contributed by atoms with Crippen LogP contribution in [-0.2, 0) is 23.4 Å². The highest BCUT2D eigenvalue weighted by molar-refractivity contribution is 7.71. The quantitative estimate of drug-likeness (QED) is 0.225. The summed E-state index contributed by atoms with van der Waals surface area (Å²) in [4.78, 5) is 27.2. The zero-order chi connectivity index (χ0) is 27.3. The van der Waals surface area contributed by atoms with Crippen LogP contribution in [0.1, 0.15) is 32.6 Å². The Morgan fingerprint density at radius 2 is 2.03 bits per heavy atom. The van der Waals surface area contributed by atoms with Crippen molar-refractivity contribution in [2.45, 2.75) is 58.3 Å². The van der Waals surface area contributed by atoms with Gasteiger partial charge >= 0.3 is 19.4 Å². The first-order valence-electron chi connectivity index (χ1n) is 11.5. The average Bonchev–Trinajstić information content (AvgIpc) is 3.15. The molecule has 1 aromatic heterocycles. The van der Waals surface area contributed by atoms with E-state index in [1.807, 2.05) is 6.07 Å². The molecule has 2 aromatic rings. The first kappa shape index (κ1) is 28.7. The Morgan fingerprint density at radius 1 is 1.35 bits per heavy atom. The number of aromatic nitrogens is 2. The molecule has 0 aliphatic carbocycles. The van der Waals surface area contributed by atoms with Gasteiger partial charge in [-0.25, -0.2) is 9.36 Å². The highest BCUT2D eigenvalue weighted by Gasteiger charge is 2.47. The van der Waals surface area contributed by atoms with Gasteiger partial charge in [-0.2, -0.15) is 10.3 Å². The number of nitriles is 1. The molecule has 2 heterocycles. The Balaban J connectivity index is 1.81. The molecule has 6 atom stereocenters. The van der Waals surface area contributed by atoms with E-state index in [1.54, 1.807) is 51.1 Å². The van der Waals surface area contributed by atoms with Crippen LogP contribution < -0.4 is 15.3 Å². The average molecular weight is 553 g/mol. The molecule has 1 saturated heterocycles. The summed E-state index contributed by atoms with van der Waals surface area (Å²) in [7, 11) is -4.23. The molecule has 1 aromatic carbocycles. The van der Waals surface area contributed by atoms with E-state index in [0.29, 0.717) is 5.56 Å². The number of aryl methyl sites for hydroxylation is 1. The lowest BCUT2D eigenvalue weighted by molar-refractivity contribution is -0.149. The number of hydrogen-bond acceptors (Lipinski definition) is 10. The van der Waals surface area contributed by atoms with E-state index < -0.39 is 62.5 Å². The van der Waals surface area contributed by atoms with E-state index in [0.717, 1.165) is 4.57 Å². The number of hydrogen-bond donors (Lipinski definition) is 3. The van der Waals surface area contributed by atoms with Crippen molar-refractivity contribution in [2.24, 2.45) is 5.92 Å². The van der Waals surface area contributed by atoms with Crippen LogP contribution in [0.25, 0.3) is 0 Å². The smallest absolute Gasteiger partial charge is 0.459 e. The Labute approximate surface area is 218 Å². The summed E-state index contributed by atoms with van der Waals surface area (Å²) in [5.74, 6) is -1.61. The molecule has 0 spiro atoms. The SMILES string of the molecule is Cc1cn([C@H]2O[C@@H](CO[P@@](=O)(N[C@@H](C)C(=O)OC(C)C)Oc3ccccc3)C(O)[C@H]2C#N)c(=O)[nH]c1=S. The van der Waals surface area contributed by atoms with Crippen LogP contribution in [-0.4, -0.2) is 51.6 Å². The van der Waals surface area contributed by atoms with Gasteiger partial charge in [0.2, 0.25) is 0 Å². The van der Waals surface area contributed by atoms with E-state index in [-0.39, 0.29) is 10.4 Å². The van der Waals surface area contributed by atoms with Crippen LogP contribution in [0.4, 0.5) is 0 Å². The lowest BCUT2D eigenvalue weighted by Crippen LogP contribution is -2.37. The third-order valence-electron chi connectivity index (χ3n) is 5.37. The molecule has 0 saturated carbocycles. The first-order valence-corrected chi connectivity index (χ1v) is 13.4. The Morgan fingerprint density at radius 3 is 2.65 bits per heavy atom. The molecule has 1 fully saturated rings. The van der Waals surface area contributed by atoms with Crippen LogP contribution >= 0.6 is 20.0 Å². The number of aromatic amines is 1. The van der Waals surface area contributed by atoms with Crippen molar-refractivity contribution in [3.63, 3.8) is 0 Å². The fraction of sp³-hybridized carbons (Fsp3) is 0.478. The molecule has 1 unspecified atom stereocenters. The maximum atomic E-state index is 13.6. The highest BCUT2D eigenvalue weighted by atomic mass is 32.1. The van der Waals surface area contributed by atoms with E-state index in [1.165, 1.54) is 13.1 Å². The lowest BCUT2D eigenvalue weighted by Gasteiger charge is -2.25. The van der Waals surface area contributed by atoms with E-state index in [2.05, 4.69) is 10.1 Å². The molecule has 1 aliphatic heterocycles. The molecule has 3 rings (SSSR count). The topological polar surface area (TPSA) is 165 Å². The third kappa shape index (κ3) is 7.13. The largest absolute Gasteiger partial charge is 0.462 e. The summed E-state index contributed by atoms with van der Waals surface area (Å²) in [6.07, 6.45) is -2.67. The van der Waals surface area contributed by atoms with Gasteiger partial charge in [0.1, 0.15) is 34.6 Å². The number of carbonyl (C=O) groups excluding carboxylic acids is 1. The van der Waals surface area contributed by atoms with Gasteiger partial charge in [-0.05, 0) is 39.8 Å². The zero-order valence-electron chi connectivity index (χ0n) is 20.7. The predicted octanol–water partition coefficient (Wildman–Crippen LogP) is 2.75. The van der Waals surface area contributed by atoms with Gasteiger partial charge in [0.05, 0.1) is 18.8 Å². The molecule has 12 nitrogen and oxygen atoms in total. The van der Waals surface area contributed by atoms with Crippen LogP contribution in [0.3, 0.4) is 0 Å². The molecule has 0 amide bonds. The number of H-pyrrole nitrogens is 1. The minimum absolute atomic E-state index is 0.199. The second kappa shape index (κ2) is 12.1. The van der Waals surface area contributed by atoms with Crippen molar-refractivity contribution in [3.05, 3.63) is 57.2 Å². The number of aliphatic hydroxyl groups excluding tert-OH is 1. The van der Waals surface area contributed by atoms with Gasteiger partial charge in [-0.3, -0.25) is 18.9 Å². The van der Waals surface area contributed by atoms with Crippen LogP contribution in [0.15, 0.2) is 41.3 Å². The number of aliphatic hydroxyl groups is 1. The summed E-state index contributed by atoms with van der Waals surface area (Å²) in [5.41, 5.74) is -0.0526. The van der Waals surface area contributed by atoms with Crippen molar-refractivity contribution in [3.8, 4) is 11.8 Å². The molecule has 200 valence electrons. The number of rotatable bonds is 10. The summed E-state index contributed by atoms with van der Waals surface area (Å²) < 4.78 is 37.1. The number of ether oxygens (including phenoxy) is 2. The molecule has 3 N–H and O–H groups in total. The normalized spacial score (nSPS) is 23.7. The van der Waals surface area contributed by atoms with E-state index in [9.17, 15) is 24.5 Å². The first-order chi connectivity index (χ1) is 17.4. The summed E-state index contributed by atoms with van der Waals surface area (Å²) in [6.45, 7) is 5.97. The number of nitrogens with one attached hydrogen (secondary N) is 2. The van der Waals surface area contributed by atoms with Gasteiger partial charge in [-0.15, -0.1) is 0 Å². The predicted molar refractivity (Wildman–Crippen MR) is 134 cm³/mol. The molecule has 0 radical (unpaired) electrons. The van der Waals surface area contributed by atoms with Crippen molar-refractivity contribution in [1.29, 1.82) is 5.26 Å². The zero-order valence-corrected chi connectivity index (χ0v) is 22.4. The minimum atomic E-state index is -4.23. The fourth-order valence-corrected chi connectivity index (χ4v) is 5.18. The van der Waals surface area contributed by atoms with Crippen LogP contribution in [0.5, 0.6) is 5.75 Å². The number of carbonyl (C=O) groups is 1. The minimum Gasteiger partial charge on any atom is -0.462 e. The van der Waals surface area contributed by atoms with Crippen molar-refractivity contribution < 1.29 is 33.0 Å². The van der Waals surface area contributed by atoms with Gasteiger partial charge < -0.3 is 19.1 Å². The molecule has 14 heteroatoms. The number of nitrogens with zero attached hydrogens (tertiary/aromatic N) is 2.